The number of aromatic nitrogens is 3. The molecule has 9 nitrogen and oxygen atoms in total. The Hall–Kier alpha value is -3.92. The first-order valence-electron chi connectivity index (χ1n) is 12.1. The van der Waals surface area contributed by atoms with Crippen LogP contribution in [-0.4, -0.2) is 47.6 Å². The molecule has 10 heteroatoms. The average molecular weight is 522 g/mol. The van der Waals surface area contributed by atoms with E-state index in [1.54, 1.807) is 37.1 Å². The number of para-hydroxylation sites is 1. The van der Waals surface area contributed by atoms with Crippen LogP contribution in [0.4, 0.5) is 5.69 Å². The number of amides is 2. The van der Waals surface area contributed by atoms with Crippen molar-refractivity contribution in [3.05, 3.63) is 64.9 Å². The van der Waals surface area contributed by atoms with Crippen LogP contribution in [0.25, 0.3) is 11.0 Å². The SMILES string of the molecule is COc1cc(OC)cc(N(C(=O)Cn2nnc3ccccc32)C(C(=O)NCCC(C)C)c2cccs2)c1. The van der Waals surface area contributed by atoms with E-state index in [1.165, 1.54) is 16.2 Å². The van der Waals surface area contributed by atoms with Gasteiger partial charge in [0.15, 0.2) is 0 Å². The van der Waals surface area contributed by atoms with Crippen LogP contribution >= 0.6 is 11.3 Å². The summed E-state index contributed by atoms with van der Waals surface area (Å²) in [6.45, 7) is 4.60. The molecule has 0 aliphatic heterocycles. The summed E-state index contributed by atoms with van der Waals surface area (Å²) in [5.41, 5.74) is 1.89. The van der Waals surface area contributed by atoms with E-state index in [0.717, 1.165) is 16.8 Å². The van der Waals surface area contributed by atoms with Crippen LogP contribution in [0.1, 0.15) is 31.2 Å². The standard InChI is InChI=1S/C27H31N5O4S/c1-18(2)11-12-28-27(34)26(24-10-7-13-37-24)32(19-14-20(35-3)16-21(15-19)36-4)25(33)17-31-23-9-6-5-8-22(23)29-30-31/h5-10,13-16,18,26H,11-12,17H2,1-4H3,(H,28,34). The molecule has 1 N–H and O–H groups in total. The second-order valence-electron chi connectivity index (χ2n) is 8.96. The maximum Gasteiger partial charge on any atom is 0.249 e. The minimum absolute atomic E-state index is 0.110. The lowest BCUT2D eigenvalue weighted by atomic mass is 10.1. The van der Waals surface area contributed by atoms with Crippen LogP contribution in [0.15, 0.2) is 60.0 Å². The van der Waals surface area contributed by atoms with Gasteiger partial charge < -0.3 is 14.8 Å². The highest BCUT2D eigenvalue weighted by atomic mass is 32.1. The van der Waals surface area contributed by atoms with Crippen molar-refractivity contribution in [1.29, 1.82) is 0 Å². The van der Waals surface area contributed by atoms with E-state index in [-0.39, 0.29) is 18.4 Å². The van der Waals surface area contributed by atoms with Gasteiger partial charge >= 0.3 is 0 Å². The Labute approximate surface area is 220 Å². The molecule has 0 radical (unpaired) electrons. The Kier molecular flexibility index (Phi) is 8.39. The fourth-order valence-electron chi connectivity index (χ4n) is 4.01. The predicted octanol–water partition coefficient (Wildman–Crippen LogP) is 4.45. The number of methoxy groups -OCH3 is 2. The molecule has 0 aliphatic rings. The molecular weight excluding hydrogens is 490 g/mol. The molecule has 37 heavy (non-hydrogen) atoms. The quantitative estimate of drug-likeness (QED) is 0.313. The van der Waals surface area contributed by atoms with Gasteiger partial charge in [0.25, 0.3) is 0 Å². The van der Waals surface area contributed by atoms with Gasteiger partial charge in [-0.15, -0.1) is 16.4 Å². The molecule has 4 rings (SSSR count). The molecule has 0 saturated carbocycles. The Balaban J connectivity index is 1.78. The molecule has 4 aromatic rings. The first-order valence-corrected chi connectivity index (χ1v) is 12.9. The lowest BCUT2D eigenvalue weighted by Gasteiger charge is -2.31. The monoisotopic (exact) mass is 521 g/mol. The smallest absolute Gasteiger partial charge is 0.249 e. The first kappa shape index (κ1) is 26.2. The van der Waals surface area contributed by atoms with E-state index in [1.807, 2.05) is 41.8 Å². The first-order chi connectivity index (χ1) is 17.9. The lowest BCUT2D eigenvalue weighted by Crippen LogP contribution is -2.45. The summed E-state index contributed by atoms with van der Waals surface area (Å²) in [6, 6.07) is 15.4. The second kappa shape index (κ2) is 11.9. The second-order valence-corrected chi connectivity index (χ2v) is 9.94. The summed E-state index contributed by atoms with van der Waals surface area (Å²) >= 11 is 1.42. The van der Waals surface area contributed by atoms with E-state index in [0.29, 0.717) is 35.2 Å². The van der Waals surface area contributed by atoms with Gasteiger partial charge in [-0.1, -0.05) is 37.3 Å². The normalized spacial score (nSPS) is 11.9. The Morgan fingerprint density at radius 2 is 1.78 bits per heavy atom. The molecule has 0 bridgehead atoms. The van der Waals surface area contributed by atoms with Crippen LogP contribution in [0, 0.1) is 5.92 Å². The number of hydrogen-bond donors (Lipinski definition) is 1. The summed E-state index contributed by atoms with van der Waals surface area (Å²) in [6.07, 6.45) is 0.828. The summed E-state index contributed by atoms with van der Waals surface area (Å²) in [5, 5.41) is 13.3. The number of carbonyl (C=O) groups excluding carboxylic acids is 2. The summed E-state index contributed by atoms with van der Waals surface area (Å²) in [4.78, 5) is 30.0. The van der Waals surface area contributed by atoms with Crippen molar-refractivity contribution in [1.82, 2.24) is 20.3 Å². The topological polar surface area (TPSA) is 98.6 Å². The van der Waals surface area contributed by atoms with Gasteiger partial charge in [0, 0.05) is 29.6 Å². The zero-order valence-corrected chi connectivity index (χ0v) is 22.2. The number of benzene rings is 2. The third-order valence-electron chi connectivity index (χ3n) is 5.93. The Bertz CT molecular complexity index is 1330. The molecule has 2 aromatic heterocycles. The number of nitrogens with zero attached hydrogens (tertiary/aromatic N) is 4. The molecule has 1 unspecified atom stereocenters. The molecule has 0 saturated heterocycles. The third kappa shape index (κ3) is 6.08. The van der Waals surface area contributed by atoms with Gasteiger partial charge in [-0.3, -0.25) is 14.5 Å². The number of hydrogen-bond acceptors (Lipinski definition) is 7. The summed E-state index contributed by atoms with van der Waals surface area (Å²) in [5.74, 6) is 0.846. The van der Waals surface area contributed by atoms with Crippen LogP contribution < -0.4 is 19.7 Å². The molecule has 0 fully saturated rings. The minimum atomic E-state index is -0.897. The number of anilines is 1. The third-order valence-corrected chi connectivity index (χ3v) is 6.85. The number of nitrogens with one attached hydrogen (secondary N) is 1. The van der Waals surface area contributed by atoms with Gasteiger partial charge in [-0.05, 0) is 35.9 Å². The van der Waals surface area contributed by atoms with Gasteiger partial charge in [0.2, 0.25) is 11.8 Å². The molecule has 1 atom stereocenters. The van der Waals surface area contributed by atoms with E-state index in [9.17, 15) is 9.59 Å². The molecule has 194 valence electrons. The molecule has 2 aromatic carbocycles. The van der Waals surface area contributed by atoms with Crippen molar-refractivity contribution < 1.29 is 19.1 Å². The van der Waals surface area contributed by atoms with Crippen molar-refractivity contribution in [2.75, 3.05) is 25.7 Å². The number of carbonyl (C=O) groups is 2. The van der Waals surface area contributed by atoms with E-state index in [2.05, 4.69) is 29.5 Å². The van der Waals surface area contributed by atoms with Gasteiger partial charge in [-0.2, -0.15) is 0 Å². The molecular formula is C27H31N5O4S. The fourth-order valence-corrected chi connectivity index (χ4v) is 4.82. The zero-order chi connectivity index (χ0) is 26.4. The summed E-state index contributed by atoms with van der Waals surface area (Å²) < 4.78 is 12.5. The van der Waals surface area contributed by atoms with E-state index >= 15 is 0 Å². The number of thiophene rings is 1. The average Bonchev–Trinajstić information content (AvgIpc) is 3.57. The van der Waals surface area contributed by atoms with Crippen LogP contribution in [0.2, 0.25) is 0 Å². The highest BCUT2D eigenvalue weighted by Gasteiger charge is 2.34. The van der Waals surface area contributed by atoms with Gasteiger partial charge in [-0.25, -0.2) is 4.68 Å². The summed E-state index contributed by atoms with van der Waals surface area (Å²) in [7, 11) is 3.09. The van der Waals surface area contributed by atoms with Gasteiger partial charge in [0.05, 0.1) is 25.4 Å². The van der Waals surface area contributed by atoms with Crippen molar-refractivity contribution in [3.8, 4) is 11.5 Å². The number of rotatable bonds is 11. The maximum atomic E-state index is 14.1. The fraction of sp³-hybridized carbons (Fsp3) is 0.333. The maximum absolute atomic E-state index is 14.1. The van der Waals surface area contributed by atoms with Crippen molar-refractivity contribution in [2.45, 2.75) is 32.9 Å². The number of fused-ring (bicyclic) bond motifs is 1. The van der Waals surface area contributed by atoms with E-state index in [4.69, 9.17) is 9.47 Å². The molecule has 2 heterocycles. The van der Waals surface area contributed by atoms with Crippen molar-refractivity contribution >= 4 is 39.9 Å². The lowest BCUT2D eigenvalue weighted by molar-refractivity contribution is -0.126. The highest BCUT2D eigenvalue weighted by Crippen LogP contribution is 2.35. The molecule has 0 spiro atoms. The minimum Gasteiger partial charge on any atom is -0.497 e. The van der Waals surface area contributed by atoms with Crippen molar-refractivity contribution in [2.24, 2.45) is 5.92 Å². The van der Waals surface area contributed by atoms with Gasteiger partial charge in [0.1, 0.15) is 29.6 Å². The van der Waals surface area contributed by atoms with Crippen LogP contribution in [-0.2, 0) is 16.1 Å². The zero-order valence-electron chi connectivity index (χ0n) is 21.4. The predicted molar refractivity (Wildman–Crippen MR) is 144 cm³/mol. The Morgan fingerprint density at radius 1 is 1.05 bits per heavy atom. The largest absolute Gasteiger partial charge is 0.497 e. The van der Waals surface area contributed by atoms with E-state index < -0.39 is 6.04 Å². The number of ether oxygens (including phenoxy) is 2. The molecule has 2 amide bonds. The van der Waals surface area contributed by atoms with Crippen LogP contribution in [0.5, 0.6) is 11.5 Å². The molecule has 0 aliphatic carbocycles. The Morgan fingerprint density at radius 3 is 2.43 bits per heavy atom. The van der Waals surface area contributed by atoms with Crippen LogP contribution in [0.3, 0.4) is 0 Å². The van der Waals surface area contributed by atoms with Crippen molar-refractivity contribution in [3.63, 3.8) is 0 Å². The highest BCUT2D eigenvalue weighted by molar-refractivity contribution is 7.10.